The topological polar surface area (TPSA) is 61.7 Å². The zero-order valence-electron chi connectivity index (χ0n) is 19.7. The third-order valence-corrected chi connectivity index (χ3v) is 6.19. The molecule has 0 spiro atoms. The summed E-state index contributed by atoms with van der Waals surface area (Å²) in [6.45, 7) is 16.5. The zero-order chi connectivity index (χ0) is 23.1. The van der Waals surface area contributed by atoms with Gasteiger partial charge in [0.25, 0.3) is 5.91 Å². The zero-order valence-corrected chi connectivity index (χ0v) is 20.5. The summed E-state index contributed by atoms with van der Waals surface area (Å²) in [5.74, 6) is 0.180. The van der Waals surface area contributed by atoms with Crippen molar-refractivity contribution in [2.75, 3.05) is 0 Å². The lowest BCUT2D eigenvalue weighted by Gasteiger charge is -2.28. The highest BCUT2D eigenvalue weighted by Gasteiger charge is 2.28. The van der Waals surface area contributed by atoms with Crippen molar-refractivity contribution in [3.63, 3.8) is 0 Å². The number of hydrogen-bond donors (Lipinski definition) is 2. The van der Waals surface area contributed by atoms with Crippen LogP contribution in [0.5, 0.6) is 5.75 Å². The van der Waals surface area contributed by atoms with Crippen LogP contribution in [-0.2, 0) is 15.6 Å². The van der Waals surface area contributed by atoms with Crippen LogP contribution in [0.4, 0.5) is 5.69 Å². The first-order valence-corrected chi connectivity index (χ1v) is 11.3. The molecule has 1 heterocycles. The molecule has 0 atom stereocenters. The number of hydrogen-bond acceptors (Lipinski definition) is 4. The molecule has 2 N–H and O–H groups in total. The standard InChI is InChI=1S/C26H32N2O2S/c1-15-9-10-16(2)20(11-15)27-24-28-23(30)21(31-24)14-17-12-18(25(3,4)5)22(29)19(13-17)26(6,7)8/h9-14,29H,1-8H3,(H,27,28,30)/b21-14-. The minimum Gasteiger partial charge on any atom is -0.507 e. The van der Waals surface area contributed by atoms with Crippen molar-refractivity contribution in [1.29, 1.82) is 0 Å². The molecule has 1 saturated heterocycles. The molecule has 164 valence electrons. The van der Waals surface area contributed by atoms with Crippen LogP contribution < -0.4 is 5.32 Å². The van der Waals surface area contributed by atoms with E-state index in [0.717, 1.165) is 33.5 Å². The van der Waals surface area contributed by atoms with Crippen LogP contribution in [0.2, 0.25) is 0 Å². The Labute approximate surface area is 189 Å². The molecule has 0 radical (unpaired) electrons. The van der Waals surface area contributed by atoms with Crippen LogP contribution in [0.3, 0.4) is 0 Å². The van der Waals surface area contributed by atoms with Crippen LogP contribution in [0, 0.1) is 13.8 Å². The van der Waals surface area contributed by atoms with Crippen molar-refractivity contribution >= 4 is 34.6 Å². The lowest BCUT2D eigenvalue weighted by Crippen LogP contribution is -2.19. The minimum atomic E-state index is -0.223. The number of aromatic hydroxyl groups is 1. The van der Waals surface area contributed by atoms with E-state index in [1.807, 2.05) is 44.2 Å². The summed E-state index contributed by atoms with van der Waals surface area (Å²) >= 11 is 1.34. The quantitative estimate of drug-likeness (QED) is 0.529. The maximum absolute atomic E-state index is 12.6. The molecule has 1 aliphatic heterocycles. The number of aryl methyl sites for hydroxylation is 2. The second-order valence-corrected chi connectivity index (χ2v) is 11.3. The first-order chi connectivity index (χ1) is 14.3. The van der Waals surface area contributed by atoms with Gasteiger partial charge in [-0.15, -0.1) is 0 Å². The second kappa shape index (κ2) is 8.19. The fourth-order valence-electron chi connectivity index (χ4n) is 3.46. The molecule has 2 aromatic carbocycles. The summed E-state index contributed by atoms with van der Waals surface area (Å²) in [5.41, 5.74) is 5.26. The summed E-state index contributed by atoms with van der Waals surface area (Å²) in [6, 6.07) is 10.1. The fourth-order valence-corrected chi connectivity index (χ4v) is 4.30. The van der Waals surface area contributed by atoms with E-state index in [1.165, 1.54) is 11.8 Å². The van der Waals surface area contributed by atoms with Crippen LogP contribution in [0.25, 0.3) is 6.08 Å². The van der Waals surface area contributed by atoms with Crippen molar-refractivity contribution in [3.05, 3.63) is 63.1 Å². The number of amidine groups is 1. The Hall–Kier alpha value is -2.53. The van der Waals surface area contributed by atoms with E-state index in [9.17, 15) is 9.90 Å². The predicted octanol–water partition coefficient (Wildman–Crippen LogP) is 6.50. The highest BCUT2D eigenvalue weighted by atomic mass is 32.2. The van der Waals surface area contributed by atoms with Crippen LogP contribution in [0.1, 0.15) is 69.4 Å². The van der Waals surface area contributed by atoms with Crippen molar-refractivity contribution in [3.8, 4) is 5.75 Å². The normalized spacial score (nSPS) is 17.5. The van der Waals surface area contributed by atoms with Gasteiger partial charge in [-0.25, -0.2) is 4.99 Å². The van der Waals surface area contributed by atoms with E-state index in [1.54, 1.807) is 0 Å². The van der Waals surface area contributed by atoms with E-state index in [-0.39, 0.29) is 16.7 Å². The molecule has 1 aliphatic rings. The number of nitrogens with one attached hydrogen (secondary N) is 1. The summed E-state index contributed by atoms with van der Waals surface area (Å²) in [5, 5.41) is 14.4. The summed E-state index contributed by atoms with van der Waals surface area (Å²) in [7, 11) is 0. The molecule has 0 aromatic heterocycles. The lowest BCUT2D eigenvalue weighted by molar-refractivity contribution is -0.115. The van der Waals surface area contributed by atoms with Gasteiger partial charge in [-0.3, -0.25) is 4.79 Å². The highest BCUT2D eigenvalue weighted by molar-refractivity contribution is 8.18. The Bertz CT molecular complexity index is 1060. The van der Waals surface area contributed by atoms with Crippen molar-refractivity contribution in [2.45, 2.75) is 66.2 Å². The molecule has 1 amide bonds. The molecule has 0 aliphatic carbocycles. The van der Waals surface area contributed by atoms with Gasteiger partial charge in [0.1, 0.15) is 5.75 Å². The van der Waals surface area contributed by atoms with Crippen molar-refractivity contribution in [1.82, 2.24) is 5.32 Å². The number of aliphatic imine (C=N–C) groups is 1. The number of benzene rings is 2. The SMILES string of the molecule is Cc1ccc(C)c(N=C2NC(=O)/C(=C/c3cc(C(C)(C)C)c(O)c(C(C)(C)C)c3)S2)c1. The van der Waals surface area contributed by atoms with Crippen LogP contribution >= 0.6 is 11.8 Å². The maximum Gasteiger partial charge on any atom is 0.264 e. The first kappa shape index (κ1) is 23.1. The van der Waals surface area contributed by atoms with E-state index in [0.29, 0.717) is 15.8 Å². The average molecular weight is 437 g/mol. The Morgan fingerprint density at radius 1 is 0.968 bits per heavy atom. The number of carbonyl (C=O) groups excluding carboxylic acids is 1. The molecule has 2 aromatic rings. The number of carbonyl (C=O) groups is 1. The molecule has 0 saturated carbocycles. The van der Waals surface area contributed by atoms with Gasteiger partial charge in [0, 0.05) is 11.1 Å². The van der Waals surface area contributed by atoms with Gasteiger partial charge in [0.15, 0.2) is 5.17 Å². The molecule has 5 heteroatoms. The average Bonchev–Trinajstić information content (AvgIpc) is 2.96. The number of phenolic OH excluding ortho intramolecular Hbond substituents is 1. The van der Waals surface area contributed by atoms with Gasteiger partial charge in [-0.05, 0) is 77.4 Å². The molecule has 4 nitrogen and oxygen atoms in total. The van der Waals surface area contributed by atoms with Crippen molar-refractivity contribution < 1.29 is 9.90 Å². The maximum atomic E-state index is 12.6. The Kier molecular flexibility index (Phi) is 6.12. The first-order valence-electron chi connectivity index (χ1n) is 10.5. The smallest absolute Gasteiger partial charge is 0.264 e. The Morgan fingerprint density at radius 2 is 1.55 bits per heavy atom. The number of nitrogens with zero attached hydrogens (tertiary/aromatic N) is 1. The van der Waals surface area contributed by atoms with E-state index < -0.39 is 0 Å². The van der Waals surface area contributed by atoms with Crippen LogP contribution in [-0.4, -0.2) is 16.2 Å². The highest BCUT2D eigenvalue weighted by Crippen LogP contribution is 2.41. The van der Waals surface area contributed by atoms with Gasteiger partial charge >= 0.3 is 0 Å². The summed E-state index contributed by atoms with van der Waals surface area (Å²) in [6.07, 6.45) is 1.88. The Morgan fingerprint density at radius 3 is 2.10 bits per heavy atom. The number of amides is 1. The van der Waals surface area contributed by atoms with E-state index >= 15 is 0 Å². The number of rotatable bonds is 2. The van der Waals surface area contributed by atoms with Gasteiger partial charge in [-0.2, -0.15) is 0 Å². The molecule has 31 heavy (non-hydrogen) atoms. The molecular weight excluding hydrogens is 404 g/mol. The predicted molar refractivity (Wildman–Crippen MR) is 132 cm³/mol. The summed E-state index contributed by atoms with van der Waals surface area (Å²) in [4.78, 5) is 17.9. The second-order valence-electron chi connectivity index (χ2n) is 10.2. The third kappa shape index (κ3) is 5.21. The molecule has 0 unspecified atom stereocenters. The van der Waals surface area contributed by atoms with Crippen LogP contribution in [0.15, 0.2) is 40.2 Å². The number of phenols is 1. The van der Waals surface area contributed by atoms with Gasteiger partial charge in [0.2, 0.25) is 0 Å². The lowest BCUT2D eigenvalue weighted by atomic mass is 9.78. The molecule has 3 rings (SSSR count). The molecule has 0 bridgehead atoms. The molecular formula is C26H32N2O2S. The third-order valence-electron chi connectivity index (χ3n) is 5.28. The van der Waals surface area contributed by atoms with Gasteiger partial charge in [-0.1, -0.05) is 53.7 Å². The van der Waals surface area contributed by atoms with E-state index in [2.05, 4.69) is 57.9 Å². The van der Waals surface area contributed by atoms with E-state index in [4.69, 9.17) is 0 Å². The Balaban J connectivity index is 2.02. The fraction of sp³-hybridized carbons (Fsp3) is 0.385. The van der Waals surface area contributed by atoms with Gasteiger partial charge < -0.3 is 10.4 Å². The minimum absolute atomic E-state index is 0.156. The van der Waals surface area contributed by atoms with Gasteiger partial charge in [0.05, 0.1) is 10.6 Å². The largest absolute Gasteiger partial charge is 0.507 e. The molecule has 1 fully saturated rings. The monoisotopic (exact) mass is 436 g/mol. The number of thioether (sulfide) groups is 1. The summed E-state index contributed by atoms with van der Waals surface area (Å²) < 4.78 is 0. The van der Waals surface area contributed by atoms with Crippen molar-refractivity contribution in [2.24, 2.45) is 4.99 Å².